The molecule has 0 aliphatic heterocycles. The van der Waals surface area contributed by atoms with Gasteiger partial charge >= 0.3 is 0 Å². The summed E-state index contributed by atoms with van der Waals surface area (Å²) in [4.78, 5) is 34.0. The van der Waals surface area contributed by atoms with E-state index in [0.717, 1.165) is 74.6 Å². The van der Waals surface area contributed by atoms with Crippen molar-refractivity contribution < 1.29 is 22.8 Å². The van der Waals surface area contributed by atoms with Crippen molar-refractivity contribution in [3.63, 3.8) is 0 Å². The van der Waals surface area contributed by atoms with Gasteiger partial charge in [-0.1, -0.05) is 75.4 Å². The molecule has 0 aliphatic rings. The predicted molar refractivity (Wildman–Crippen MR) is 194 cm³/mol. The van der Waals surface area contributed by atoms with Crippen LogP contribution < -0.4 is 20.8 Å². The zero-order chi connectivity index (χ0) is 34.7. The second-order valence-electron chi connectivity index (χ2n) is 11.9. The van der Waals surface area contributed by atoms with Crippen molar-refractivity contribution in [2.24, 2.45) is 0 Å². The summed E-state index contributed by atoms with van der Waals surface area (Å²) in [6.45, 7) is 3.90. The SMILES string of the molecule is CCCCCCC(=O)Nc1cccc(S(=O)(=O)Nc2ccc(-c3cccc(CONCCCCCCNC(=O)c4cccnc4)c3)cc2)c1. The summed E-state index contributed by atoms with van der Waals surface area (Å²) < 4.78 is 28.9. The van der Waals surface area contributed by atoms with Gasteiger partial charge in [0, 0.05) is 43.3 Å². The molecule has 1 heterocycles. The van der Waals surface area contributed by atoms with E-state index in [1.165, 1.54) is 12.1 Å². The number of benzene rings is 3. The molecule has 10 nitrogen and oxygen atoms in total. The number of hydroxylamine groups is 1. The van der Waals surface area contributed by atoms with Crippen molar-refractivity contribution in [1.82, 2.24) is 15.8 Å². The number of anilines is 2. The van der Waals surface area contributed by atoms with Crippen molar-refractivity contribution in [3.05, 3.63) is 108 Å². The van der Waals surface area contributed by atoms with E-state index in [1.807, 2.05) is 36.4 Å². The number of hydrogen-bond donors (Lipinski definition) is 4. The minimum Gasteiger partial charge on any atom is -0.352 e. The summed E-state index contributed by atoms with van der Waals surface area (Å²) >= 11 is 0. The fourth-order valence-electron chi connectivity index (χ4n) is 5.15. The average Bonchev–Trinajstić information content (AvgIpc) is 3.11. The number of amides is 2. The standard InChI is InChI=1S/C38H47N5O5S/c1-2-3-4-7-18-37(44)42-35-16-11-17-36(27-35)49(46,47)43-34-21-19-31(20-22-34)32-14-10-13-30(26-32)29-48-41-25-9-6-5-8-24-40-38(45)33-15-12-23-39-28-33/h10-17,19-23,26-28,41,43H,2-9,18,24-25,29H2,1H3,(H,40,45)(H,42,44). The molecule has 0 aliphatic carbocycles. The third kappa shape index (κ3) is 13.1. The smallest absolute Gasteiger partial charge is 0.261 e. The molecule has 11 heteroatoms. The van der Waals surface area contributed by atoms with Crippen LogP contribution in [0.3, 0.4) is 0 Å². The Balaban J connectivity index is 1.16. The van der Waals surface area contributed by atoms with Crippen LogP contribution in [-0.2, 0) is 26.3 Å². The molecule has 0 atom stereocenters. The summed E-state index contributed by atoms with van der Waals surface area (Å²) in [5.74, 6) is -0.215. The van der Waals surface area contributed by atoms with Gasteiger partial charge in [-0.2, -0.15) is 0 Å². The van der Waals surface area contributed by atoms with Crippen LogP contribution in [0, 0.1) is 0 Å². The third-order valence-electron chi connectivity index (χ3n) is 7.84. The normalized spacial score (nSPS) is 11.2. The number of nitrogens with one attached hydrogen (secondary N) is 4. The number of carbonyl (C=O) groups excluding carboxylic acids is 2. The van der Waals surface area contributed by atoms with Crippen molar-refractivity contribution in [2.75, 3.05) is 23.1 Å². The Kier molecular flexibility index (Phi) is 15.2. The number of nitrogens with zero attached hydrogens (tertiary/aromatic N) is 1. The van der Waals surface area contributed by atoms with Crippen LogP contribution in [0.2, 0.25) is 0 Å². The first-order valence-electron chi connectivity index (χ1n) is 17.0. The number of rotatable bonds is 21. The summed E-state index contributed by atoms with van der Waals surface area (Å²) in [5, 5.41) is 5.72. The maximum atomic E-state index is 13.1. The summed E-state index contributed by atoms with van der Waals surface area (Å²) in [6.07, 6.45) is 11.6. The van der Waals surface area contributed by atoms with Gasteiger partial charge in [0.25, 0.3) is 15.9 Å². The molecule has 0 radical (unpaired) electrons. The first-order chi connectivity index (χ1) is 23.8. The third-order valence-corrected chi connectivity index (χ3v) is 9.22. The van der Waals surface area contributed by atoms with Crippen LogP contribution in [0.15, 0.2) is 102 Å². The largest absolute Gasteiger partial charge is 0.352 e. The van der Waals surface area contributed by atoms with Crippen LogP contribution in [0.5, 0.6) is 0 Å². The number of pyridine rings is 1. The molecule has 4 aromatic rings. The van der Waals surface area contributed by atoms with E-state index in [4.69, 9.17) is 4.84 Å². The van der Waals surface area contributed by atoms with Gasteiger partial charge in [0.1, 0.15) is 0 Å². The van der Waals surface area contributed by atoms with E-state index in [9.17, 15) is 18.0 Å². The number of hydrogen-bond acceptors (Lipinski definition) is 7. The lowest BCUT2D eigenvalue weighted by atomic mass is 10.0. The van der Waals surface area contributed by atoms with Gasteiger partial charge in [-0.3, -0.25) is 24.1 Å². The van der Waals surface area contributed by atoms with E-state index in [0.29, 0.717) is 36.5 Å². The van der Waals surface area contributed by atoms with Crippen molar-refractivity contribution in [2.45, 2.75) is 76.2 Å². The molecular formula is C38H47N5O5S. The average molecular weight is 686 g/mol. The molecule has 4 rings (SSSR count). The zero-order valence-electron chi connectivity index (χ0n) is 28.1. The number of unbranched alkanes of at least 4 members (excludes halogenated alkanes) is 6. The van der Waals surface area contributed by atoms with Gasteiger partial charge in [-0.25, -0.2) is 13.9 Å². The lowest BCUT2D eigenvalue weighted by molar-refractivity contribution is -0.116. The van der Waals surface area contributed by atoms with Gasteiger partial charge in [-0.05, 0) is 84.5 Å². The van der Waals surface area contributed by atoms with Crippen LogP contribution in [0.1, 0.15) is 80.6 Å². The lowest BCUT2D eigenvalue weighted by Gasteiger charge is -2.11. The molecule has 2 amide bonds. The van der Waals surface area contributed by atoms with Crippen molar-refractivity contribution in [3.8, 4) is 11.1 Å². The Morgan fingerprint density at radius 2 is 1.53 bits per heavy atom. The molecule has 0 fully saturated rings. The number of aromatic nitrogens is 1. The molecule has 0 saturated heterocycles. The molecule has 1 aromatic heterocycles. The molecule has 0 unspecified atom stereocenters. The summed E-state index contributed by atoms with van der Waals surface area (Å²) in [5.41, 5.74) is 7.43. The van der Waals surface area contributed by atoms with Crippen LogP contribution in [-0.4, -0.2) is 38.3 Å². The Labute approximate surface area is 290 Å². The Hall–Kier alpha value is -4.58. The first-order valence-corrected chi connectivity index (χ1v) is 18.5. The van der Waals surface area contributed by atoms with Crippen LogP contribution in [0.4, 0.5) is 11.4 Å². The van der Waals surface area contributed by atoms with Gasteiger partial charge in [0.05, 0.1) is 17.1 Å². The van der Waals surface area contributed by atoms with E-state index in [1.54, 1.807) is 48.8 Å². The molecular weight excluding hydrogens is 639 g/mol. The quantitative estimate of drug-likeness (QED) is 0.0527. The first kappa shape index (κ1) is 37.2. The molecule has 3 aromatic carbocycles. The maximum absolute atomic E-state index is 13.1. The monoisotopic (exact) mass is 685 g/mol. The van der Waals surface area contributed by atoms with Crippen LogP contribution >= 0.6 is 0 Å². The zero-order valence-corrected chi connectivity index (χ0v) is 28.9. The topological polar surface area (TPSA) is 139 Å². The Bertz CT molecular complexity index is 1720. The lowest BCUT2D eigenvalue weighted by Crippen LogP contribution is -2.24. The molecule has 4 N–H and O–H groups in total. The second kappa shape index (κ2) is 20.1. The van der Waals surface area contributed by atoms with Gasteiger partial charge in [0.2, 0.25) is 5.91 Å². The van der Waals surface area contributed by atoms with Crippen molar-refractivity contribution >= 4 is 33.2 Å². The minimum absolute atomic E-state index is 0.0734. The summed E-state index contributed by atoms with van der Waals surface area (Å²) in [7, 11) is -3.86. The number of sulfonamides is 1. The Morgan fingerprint density at radius 3 is 2.31 bits per heavy atom. The van der Waals surface area contributed by atoms with E-state index >= 15 is 0 Å². The second-order valence-corrected chi connectivity index (χ2v) is 13.5. The van der Waals surface area contributed by atoms with Crippen molar-refractivity contribution in [1.29, 1.82) is 0 Å². The van der Waals surface area contributed by atoms with E-state index in [2.05, 4.69) is 32.7 Å². The molecule has 0 saturated carbocycles. The Morgan fingerprint density at radius 1 is 0.755 bits per heavy atom. The van der Waals surface area contributed by atoms with E-state index in [-0.39, 0.29) is 16.7 Å². The maximum Gasteiger partial charge on any atom is 0.261 e. The minimum atomic E-state index is -3.86. The van der Waals surface area contributed by atoms with Gasteiger partial charge in [0.15, 0.2) is 0 Å². The number of carbonyl (C=O) groups is 2. The van der Waals surface area contributed by atoms with Crippen LogP contribution in [0.25, 0.3) is 11.1 Å². The molecule has 0 spiro atoms. The van der Waals surface area contributed by atoms with Gasteiger partial charge < -0.3 is 10.6 Å². The predicted octanol–water partition coefficient (Wildman–Crippen LogP) is 7.47. The highest BCUT2D eigenvalue weighted by Crippen LogP contribution is 2.25. The molecule has 49 heavy (non-hydrogen) atoms. The fourth-order valence-corrected chi connectivity index (χ4v) is 6.25. The highest BCUT2D eigenvalue weighted by molar-refractivity contribution is 7.92. The molecule has 0 bridgehead atoms. The highest BCUT2D eigenvalue weighted by Gasteiger charge is 2.16. The summed E-state index contributed by atoms with van der Waals surface area (Å²) in [6, 6.07) is 25.0. The van der Waals surface area contributed by atoms with E-state index < -0.39 is 10.0 Å². The highest BCUT2D eigenvalue weighted by atomic mass is 32.2. The van der Waals surface area contributed by atoms with Gasteiger partial charge in [-0.15, -0.1) is 0 Å². The fraction of sp³-hybridized carbons (Fsp3) is 0.342. The molecule has 260 valence electrons.